The Morgan fingerprint density at radius 1 is 1.42 bits per heavy atom. The predicted octanol–water partition coefficient (Wildman–Crippen LogP) is 1.55. The van der Waals surface area contributed by atoms with Gasteiger partial charge >= 0.3 is 0 Å². The number of allylic oxidation sites excluding steroid dienone is 1. The molecule has 2 nitrogen and oxygen atoms in total. The van der Waals surface area contributed by atoms with Crippen LogP contribution in [0.2, 0.25) is 0 Å². The molecular weight excluding hydrogens is 150 g/mol. The molecule has 0 radical (unpaired) electrons. The number of rotatable bonds is 1. The first-order valence-corrected chi connectivity index (χ1v) is 3.92. The summed E-state index contributed by atoms with van der Waals surface area (Å²) in [7, 11) is 1.67. The largest absolute Gasteiger partial charge is 0.497 e. The SMILES string of the molecule is COc1ccc2c(c1)C=C(N)C2. The molecule has 2 rings (SSSR count). The van der Waals surface area contributed by atoms with Crippen molar-refractivity contribution in [3.05, 3.63) is 35.0 Å². The quantitative estimate of drug-likeness (QED) is 0.678. The van der Waals surface area contributed by atoms with E-state index < -0.39 is 0 Å². The van der Waals surface area contributed by atoms with E-state index in [0.717, 1.165) is 17.9 Å². The lowest BCUT2D eigenvalue weighted by atomic mass is 10.1. The maximum atomic E-state index is 5.70. The maximum absolute atomic E-state index is 5.70. The third-order valence-electron chi connectivity index (χ3n) is 2.09. The molecule has 0 saturated carbocycles. The van der Waals surface area contributed by atoms with Crippen molar-refractivity contribution in [2.24, 2.45) is 5.73 Å². The Hall–Kier alpha value is -1.44. The number of fused-ring (bicyclic) bond motifs is 1. The number of hydrogen-bond donors (Lipinski definition) is 1. The van der Waals surface area contributed by atoms with Gasteiger partial charge in [0.15, 0.2) is 0 Å². The summed E-state index contributed by atoms with van der Waals surface area (Å²) in [5.74, 6) is 0.889. The third-order valence-corrected chi connectivity index (χ3v) is 2.09. The Morgan fingerprint density at radius 3 is 3.00 bits per heavy atom. The molecular formula is C10H11NO. The summed E-state index contributed by atoms with van der Waals surface area (Å²) in [4.78, 5) is 0. The van der Waals surface area contributed by atoms with E-state index >= 15 is 0 Å². The molecule has 0 aliphatic heterocycles. The fourth-order valence-electron chi connectivity index (χ4n) is 1.47. The van der Waals surface area contributed by atoms with Crippen LogP contribution < -0.4 is 10.5 Å². The lowest BCUT2D eigenvalue weighted by Gasteiger charge is -2.01. The molecule has 0 unspecified atom stereocenters. The number of benzene rings is 1. The Bertz CT molecular complexity index is 342. The average Bonchev–Trinajstić information content (AvgIpc) is 2.43. The van der Waals surface area contributed by atoms with Crippen molar-refractivity contribution >= 4 is 6.08 Å². The normalized spacial score (nSPS) is 13.9. The van der Waals surface area contributed by atoms with E-state index in [2.05, 4.69) is 6.07 Å². The fraction of sp³-hybridized carbons (Fsp3) is 0.200. The van der Waals surface area contributed by atoms with Crippen LogP contribution in [0.3, 0.4) is 0 Å². The second-order valence-electron chi connectivity index (χ2n) is 2.96. The Morgan fingerprint density at radius 2 is 2.25 bits per heavy atom. The van der Waals surface area contributed by atoms with Crippen LogP contribution in [0.25, 0.3) is 6.08 Å². The summed E-state index contributed by atoms with van der Waals surface area (Å²) in [6.45, 7) is 0. The smallest absolute Gasteiger partial charge is 0.119 e. The zero-order chi connectivity index (χ0) is 8.55. The van der Waals surface area contributed by atoms with Crippen molar-refractivity contribution in [2.75, 3.05) is 7.11 Å². The molecule has 0 saturated heterocycles. The van der Waals surface area contributed by atoms with Gasteiger partial charge in [-0.1, -0.05) is 6.07 Å². The van der Waals surface area contributed by atoms with Gasteiger partial charge in [-0.15, -0.1) is 0 Å². The second kappa shape index (κ2) is 2.55. The number of ether oxygens (including phenoxy) is 1. The summed E-state index contributed by atoms with van der Waals surface area (Å²) in [6.07, 6.45) is 2.87. The predicted molar refractivity (Wildman–Crippen MR) is 48.9 cm³/mol. The van der Waals surface area contributed by atoms with Crippen LogP contribution in [0.4, 0.5) is 0 Å². The highest BCUT2D eigenvalue weighted by Crippen LogP contribution is 2.25. The maximum Gasteiger partial charge on any atom is 0.119 e. The summed E-state index contributed by atoms with van der Waals surface area (Å²) in [5.41, 5.74) is 9.10. The molecule has 0 bridgehead atoms. The van der Waals surface area contributed by atoms with Gasteiger partial charge in [0.05, 0.1) is 7.11 Å². The van der Waals surface area contributed by atoms with E-state index in [-0.39, 0.29) is 0 Å². The van der Waals surface area contributed by atoms with Crippen LogP contribution >= 0.6 is 0 Å². The Labute approximate surface area is 71.6 Å². The molecule has 1 aliphatic carbocycles. The molecule has 0 heterocycles. The highest BCUT2D eigenvalue weighted by molar-refractivity contribution is 5.64. The van der Waals surface area contributed by atoms with Gasteiger partial charge in [-0.05, 0) is 29.3 Å². The van der Waals surface area contributed by atoms with Crippen molar-refractivity contribution in [3.63, 3.8) is 0 Å². The second-order valence-corrected chi connectivity index (χ2v) is 2.96. The minimum atomic E-state index is 0.874. The number of hydrogen-bond acceptors (Lipinski definition) is 2. The first-order valence-electron chi connectivity index (χ1n) is 3.92. The van der Waals surface area contributed by atoms with Gasteiger partial charge in [0.1, 0.15) is 5.75 Å². The molecule has 0 amide bonds. The van der Waals surface area contributed by atoms with Crippen molar-refractivity contribution in [1.82, 2.24) is 0 Å². The monoisotopic (exact) mass is 161 g/mol. The molecule has 0 atom stereocenters. The molecule has 2 heteroatoms. The molecule has 2 N–H and O–H groups in total. The van der Waals surface area contributed by atoms with Crippen molar-refractivity contribution in [2.45, 2.75) is 6.42 Å². The van der Waals surface area contributed by atoms with Crippen molar-refractivity contribution in [3.8, 4) is 5.75 Å². The number of nitrogens with two attached hydrogens (primary N) is 1. The number of methoxy groups -OCH3 is 1. The van der Waals surface area contributed by atoms with E-state index in [0.29, 0.717) is 0 Å². The molecule has 1 aromatic rings. The van der Waals surface area contributed by atoms with E-state index in [9.17, 15) is 0 Å². The zero-order valence-electron chi connectivity index (χ0n) is 7.00. The van der Waals surface area contributed by atoms with E-state index in [4.69, 9.17) is 10.5 Å². The minimum Gasteiger partial charge on any atom is -0.497 e. The van der Waals surface area contributed by atoms with Gasteiger partial charge in [0, 0.05) is 12.1 Å². The zero-order valence-corrected chi connectivity index (χ0v) is 7.00. The van der Waals surface area contributed by atoms with Gasteiger partial charge in [-0.3, -0.25) is 0 Å². The molecule has 0 aromatic heterocycles. The van der Waals surface area contributed by atoms with Gasteiger partial charge in [0.25, 0.3) is 0 Å². The van der Waals surface area contributed by atoms with E-state index in [1.165, 1.54) is 11.1 Å². The van der Waals surface area contributed by atoms with Gasteiger partial charge < -0.3 is 10.5 Å². The molecule has 12 heavy (non-hydrogen) atoms. The third kappa shape index (κ3) is 1.05. The Balaban J connectivity index is 2.45. The summed E-state index contributed by atoms with van der Waals surface area (Å²) in [5, 5.41) is 0. The van der Waals surface area contributed by atoms with Crippen molar-refractivity contribution < 1.29 is 4.74 Å². The summed E-state index contributed by atoms with van der Waals surface area (Å²) >= 11 is 0. The first kappa shape index (κ1) is 7.22. The van der Waals surface area contributed by atoms with E-state index in [1.54, 1.807) is 7.11 Å². The highest BCUT2D eigenvalue weighted by Gasteiger charge is 2.09. The molecule has 62 valence electrons. The fourth-order valence-corrected chi connectivity index (χ4v) is 1.47. The van der Waals surface area contributed by atoms with Crippen LogP contribution in [0.5, 0.6) is 5.75 Å². The first-order chi connectivity index (χ1) is 5.79. The highest BCUT2D eigenvalue weighted by atomic mass is 16.5. The van der Waals surface area contributed by atoms with Crippen molar-refractivity contribution in [1.29, 1.82) is 0 Å². The van der Waals surface area contributed by atoms with Crippen LogP contribution in [0, 0.1) is 0 Å². The molecule has 1 aromatic carbocycles. The summed E-state index contributed by atoms with van der Waals surface area (Å²) in [6, 6.07) is 6.03. The summed E-state index contributed by atoms with van der Waals surface area (Å²) < 4.78 is 5.10. The molecule has 0 fully saturated rings. The average molecular weight is 161 g/mol. The van der Waals surface area contributed by atoms with Crippen LogP contribution in [-0.4, -0.2) is 7.11 Å². The van der Waals surface area contributed by atoms with Crippen LogP contribution in [0.15, 0.2) is 23.9 Å². The van der Waals surface area contributed by atoms with Gasteiger partial charge in [-0.25, -0.2) is 0 Å². The standard InChI is InChI=1S/C10H11NO/c1-12-10-3-2-7-4-9(11)5-8(7)6-10/h2-3,5-6H,4,11H2,1H3. The lowest BCUT2D eigenvalue weighted by molar-refractivity contribution is 0.414. The molecule has 1 aliphatic rings. The minimum absolute atomic E-state index is 0.874. The molecule has 0 spiro atoms. The van der Waals surface area contributed by atoms with Crippen LogP contribution in [0.1, 0.15) is 11.1 Å². The lowest BCUT2D eigenvalue weighted by Crippen LogP contribution is -1.94. The topological polar surface area (TPSA) is 35.2 Å². The van der Waals surface area contributed by atoms with Crippen LogP contribution in [-0.2, 0) is 6.42 Å². The van der Waals surface area contributed by atoms with Gasteiger partial charge in [0.2, 0.25) is 0 Å². The van der Waals surface area contributed by atoms with E-state index in [1.807, 2.05) is 18.2 Å². The Kier molecular flexibility index (Phi) is 1.54. The van der Waals surface area contributed by atoms with Gasteiger partial charge in [-0.2, -0.15) is 0 Å².